The van der Waals surface area contributed by atoms with Crippen LogP contribution in [0.3, 0.4) is 0 Å². The van der Waals surface area contributed by atoms with Gasteiger partial charge in [0.15, 0.2) is 11.5 Å². The number of ether oxygens (including phenoxy) is 1. The first-order valence-electron chi connectivity index (χ1n) is 3.37. The number of phenols is 1. The van der Waals surface area contributed by atoms with Crippen molar-refractivity contribution in [2.45, 2.75) is 4.90 Å². The normalized spacial score (nSPS) is 11.4. The van der Waals surface area contributed by atoms with Crippen LogP contribution in [0, 0.1) is 0 Å². The van der Waals surface area contributed by atoms with E-state index in [9.17, 15) is 17.4 Å². The van der Waals surface area contributed by atoms with Gasteiger partial charge in [-0.05, 0) is 6.07 Å². The Labute approximate surface area is 85.1 Å². The van der Waals surface area contributed by atoms with E-state index in [1.807, 2.05) is 0 Å². The number of rotatable bonds is 2. The molecule has 1 aromatic rings. The zero-order chi connectivity index (χ0) is 10.9. The fourth-order valence-electron chi connectivity index (χ4n) is 0.892. The van der Waals surface area contributed by atoms with Crippen LogP contribution in [0.25, 0.3) is 0 Å². The molecule has 0 aliphatic carbocycles. The van der Waals surface area contributed by atoms with E-state index in [0.717, 1.165) is 6.07 Å². The third-order valence-electron chi connectivity index (χ3n) is 1.49. The fourth-order valence-corrected chi connectivity index (χ4v) is 1.76. The maximum Gasteiger partial charge on any atom is 0.335 e. The van der Waals surface area contributed by atoms with E-state index >= 15 is 0 Å². The molecule has 78 valence electrons. The van der Waals surface area contributed by atoms with Crippen molar-refractivity contribution in [3.05, 3.63) is 17.2 Å². The molecular formula is C7H6ClFO4S. The van der Waals surface area contributed by atoms with E-state index < -0.39 is 20.9 Å². The number of halogens is 2. The molecule has 0 atom stereocenters. The summed E-state index contributed by atoms with van der Waals surface area (Å²) in [5, 5.41) is 9.20. The number of hydrogen-bond acceptors (Lipinski definition) is 4. The molecule has 7 heteroatoms. The van der Waals surface area contributed by atoms with Crippen molar-refractivity contribution < 1.29 is 22.1 Å². The van der Waals surface area contributed by atoms with Gasteiger partial charge in [-0.25, -0.2) is 0 Å². The highest BCUT2D eigenvalue weighted by atomic mass is 35.5. The summed E-state index contributed by atoms with van der Waals surface area (Å²) in [6.45, 7) is 0. The molecule has 0 bridgehead atoms. The summed E-state index contributed by atoms with van der Waals surface area (Å²) in [4.78, 5) is -0.901. The van der Waals surface area contributed by atoms with Crippen LogP contribution < -0.4 is 4.74 Å². The molecule has 14 heavy (non-hydrogen) atoms. The molecule has 1 rings (SSSR count). The van der Waals surface area contributed by atoms with Crippen molar-refractivity contribution in [2.24, 2.45) is 0 Å². The summed E-state index contributed by atoms with van der Waals surface area (Å²) >= 11 is 5.48. The first-order valence-corrected chi connectivity index (χ1v) is 5.13. The minimum absolute atomic E-state index is 0.0455. The van der Waals surface area contributed by atoms with E-state index in [-0.39, 0.29) is 10.8 Å². The molecule has 0 saturated carbocycles. The van der Waals surface area contributed by atoms with Crippen molar-refractivity contribution in [2.75, 3.05) is 7.11 Å². The van der Waals surface area contributed by atoms with Crippen LogP contribution in [0.15, 0.2) is 17.0 Å². The Morgan fingerprint density at radius 2 is 2.07 bits per heavy atom. The smallest absolute Gasteiger partial charge is 0.335 e. The Bertz CT molecular complexity index is 457. The second-order valence-electron chi connectivity index (χ2n) is 2.39. The topological polar surface area (TPSA) is 63.6 Å². The van der Waals surface area contributed by atoms with Crippen molar-refractivity contribution in [3.63, 3.8) is 0 Å². The minimum Gasteiger partial charge on any atom is -0.503 e. The zero-order valence-electron chi connectivity index (χ0n) is 6.99. The highest BCUT2D eigenvalue weighted by Gasteiger charge is 2.21. The first kappa shape index (κ1) is 11.1. The SMILES string of the molecule is COc1cc(Cl)cc(S(=O)(=O)F)c1O. The molecule has 0 spiro atoms. The molecule has 0 fully saturated rings. The van der Waals surface area contributed by atoms with Gasteiger partial charge in [0.2, 0.25) is 0 Å². The van der Waals surface area contributed by atoms with E-state index in [1.54, 1.807) is 0 Å². The van der Waals surface area contributed by atoms with Gasteiger partial charge >= 0.3 is 10.2 Å². The monoisotopic (exact) mass is 240 g/mol. The largest absolute Gasteiger partial charge is 0.503 e. The van der Waals surface area contributed by atoms with Crippen molar-refractivity contribution in [3.8, 4) is 11.5 Å². The molecule has 0 amide bonds. The van der Waals surface area contributed by atoms with Crippen LogP contribution in [0.1, 0.15) is 0 Å². The van der Waals surface area contributed by atoms with E-state index in [2.05, 4.69) is 4.74 Å². The molecule has 0 heterocycles. The number of methoxy groups -OCH3 is 1. The number of phenolic OH excluding ortho intramolecular Hbond substituents is 1. The molecule has 0 radical (unpaired) electrons. The third kappa shape index (κ3) is 2.08. The number of benzene rings is 1. The lowest BCUT2D eigenvalue weighted by Crippen LogP contribution is -1.95. The van der Waals surface area contributed by atoms with Crippen LogP contribution >= 0.6 is 11.6 Å². The van der Waals surface area contributed by atoms with Gasteiger partial charge in [-0.2, -0.15) is 8.42 Å². The van der Waals surface area contributed by atoms with Crippen LogP contribution in [0.5, 0.6) is 11.5 Å². The van der Waals surface area contributed by atoms with Crippen LogP contribution in [-0.2, 0) is 10.2 Å². The summed E-state index contributed by atoms with van der Waals surface area (Å²) in [6, 6.07) is 1.97. The average Bonchev–Trinajstić information content (AvgIpc) is 2.06. The quantitative estimate of drug-likeness (QED) is 0.800. The van der Waals surface area contributed by atoms with Crippen molar-refractivity contribution in [1.29, 1.82) is 0 Å². The van der Waals surface area contributed by atoms with Gasteiger partial charge in [-0.3, -0.25) is 0 Å². The first-order chi connectivity index (χ1) is 6.36. The van der Waals surface area contributed by atoms with Crippen LogP contribution in [0.4, 0.5) is 3.89 Å². The Balaban J connectivity index is 3.53. The lowest BCUT2D eigenvalue weighted by atomic mass is 10.3. The van der Waals surface area contributed by atoms with Crippen molar-refractivity contribution >= 4 is 21.8 Å². The van der Waals surface area contributed by atoms with Gasteiger partial charge < -0.3 is 9.84 Å². The van der Waals surface area contributed by atoms with E-state index in [4.69, 9.17) is 11.6 Å². The summed E-state index contributed by atoms with van der Waals surface area (Å²) in [6.07, 6.45) is 0. The highest BCUT2D eigenvalue weighted by Crippen LogP contribution is 2.36. The lowest BCUT2D eigenvalue weighted by molar-refractivity contribution is 0.365. The van der Waals surface area contributed by atoms with E-state index in [0.29, 0.717) is 0 Å². The van der Waals surface area contributed by atoms with Gasteiger partial charge in [0.1, 0.15) is 4.90 Å². The summed E-state index contributed by atoms with van der Waals surface area (Å²) in [7, 11) is -3.81. The van der Waals surface area contributed by atoms with Crippen LogP contribution in [-0.4, -0.2) is 20.6 Å². The average molecular weight is 241 g/mol. The van der Waals surface area contributed by atoms with Gasteiger partial charge in [0, 0.05) is 11.1 Å². The van der Waals surface area contributed by atoms with Gasteiger partial charge in [-0.15, -0.1) is 3.89 Å². The molecular weight excluding hydrogens is 235 g/mol. The molecule has 1 N–H and O–H groups in total. The summed E-state index contributed by atoms with van der Waals surface area (Å²) in [5.74, 6) is -0.992. The van der Waals surface area contributed by atoms with Gasteiger partial charge in [0.25, 0.3) is 0 Å². The van der Waals surface area contributed by atoms with Crippen molar-refractivity contribution in [1.82, 2.24) is 0 Å². The Hall–Kier alpha value is -1.01. The second-order valence-corrected chi connectivity index (χ2v) is 4.14. The summed E-state index contributed by atoms with van der Waals surface area (Å²) in [5.41, 5.74) is 0. The summed E-state index contributed by atoms with van der Waals surface area (Å²) < 4.78 is 38.2. The zero-order valence-corrected chi connectivity index (χ0v) is 8.56. The molecule has 0 aliphatic rings. The maximum atomic E-state index is 12.6. The van der Waals surface area contributed by atoms with E-state index in [1.165, 1.54) is 13.2 Å². The molecule has 0 aromatic heterocycles. The Kier molecular flexibility index (Phi) is 2.86. The Morgan fingerprint density at radius 3 is 2.50 bits per heavy atom. The predicted molar refractivity (Wildman–Crippen MR) is 48.0 cm³/mol. The molecule has 0 saturated heterocycles. The third-order valence-corrected chi connectivity index (χ3v) is 2.54. The lowest BCUT2D eigenvalue weighted by Gasteiger charge is -2.06. The predicted octanol–water partition coefficient (Wildman–Crippen LogP) is 1.71. The second kappa shape index (κ2) is 3.62. The standard InChI is InChI=1S/C7H6ClFO4S/c1-13-5-2-4(8)3-6(7(5)10)14(9,11)12/h2-3,10H,1H3. The molecule has 0 unspecified atom stereocenters. The number of aromatic hydroxyl groups is 1. The minimum atomic E-state index is -5.00. The fraction of sp³-hybridized carbons (Fsp3) is 0.143. The van der Waals surface area contributed by atoms with Crippen LogP contribution in [0.2, 0.25) is 5.02 Å². The van der Waals surface area contributed by atoms with Gasteiger partial charge in [0.05, 0.1) is 7.11 Å². The van der Waals surface area contributed by atoms with Gasteiger partial charge in [-0.1, -0.05) is 11.6 Å². The molecule has 1 aromatic carbocycles. The molecule has 4 nitrogen and oxygen atoms in total. The number of hydrogen-bond donors (Lipinski definition) is 1. The molecule has 0 aliphatic heterocycles. The Morgan fingerprint density at radius 1 is 1.50 bits per heavy atom. The highest BCUT2D eigenvalue weighted by molar-refractivity contribution is 7.86. The maximum absolute atomic E-state index is 12.6.